The van der Waals surface area contributed by atoms with Gasteiger partial charge in [-0.2, -0.15) is 0 Å². The van der Waals surface area contributed by atoms with Crippen molar-refractivity contribution in [2.75, 3.05) is 12.4 Å². The molecular weight excluding hydrogens is 326 g/mol. The number of aromatic nitrogens is 3. The minimum absolute atomic E-state index is 0.0877. The van der Waals surface area contributed by atoms with E-state index >= 15 is 0 Å². The molecule has 1 saturated carbocycles. The van der Waals surface area contributed by atoms with E-state index in [2.05, 4.69) is 14.5 Å². The van der Waals surface area contributed by atoms with Crippen LogP contribution in [0.25, 0.3) is 0 Å². The van der Waals surface area contributed by atoms with Gasteiger partial charge in [-0.15, -0.1) is 0 Å². The fraction of sp³-hybridized carbons (Fsp3) is 0.471. The molecule has 2 aromatic heterocycles. The number of ether oxygens (including phenoxy) is 1. The van der Waals surface area contributed by atoms with Crippen LogP contribution in [0, 0.1) is 13.8 Å². The lowest BCUT2D eigenvalue weighted by Crippen LogP contribution is -2.13. The first-order valence-corrected chi connectivity index (χ1v) is 9.06. The van der Waals surface area contributed by atoms with Gasteiger partial charge >= 0.3 is 5.97 Å². The average molecular weight is 347 g/mol. The Kier molecular flexibility index (Phi) is 4.80. The molecule has 0 spiro atoms. The second-order valence-electron chi connectivity index (χ2n) is 5.91. The zero-order chi connectivity index (χ0) is 17.3. The van der Waals surface area contributed by atoms with Crippen LogP contribution in [0.3, 0.4) is 0 Å². The molecule has 0 saturated heterocycles. The van der Waals surface area contributed by atoms with Crippen LogP contribution in [-0.2, 0) is 4.74 Å². The summed E-state index contributed by atoms with van der Waals surface area (Å²) in [6.07, 6.45) is 6.06. The third kappa shape index (κ3) is 3.26. The van der Waals surface area contributed by atoms with Crippen LogP contribution in [0.1, 0.15) is 57.9 Å². The number of carbonyl (C=O) groups excluding carboxylic acids is 2. The van der Waals surface area contributed by atoms with Crippen LogP contribution in [0.4, 0.5) is 0 Å². The molecule has 0 unspecified atom stereocenters. The highest BCUT2D eigenvalue weighted by molar-refractivity contribution is 7.99. The Morgan fingerprint density at radius 2 is 2.04 bits per heavy atom. The Bertz CT molecular complexity index is 774. The quantitative estimate of drug-likeness (QED) is 0.472. The normalized spacial score (nSPS) is 14.0. The summed E-state index contributed by atoms with van der Waals surface area (Å²) in [5, 5.41) is 0.855. The van der Waals surface area contributed by atoms with Crippen molar-refractivity contribution in [2.45, 2.75) is 44.8 Å². The van der Waals surface area contributed by atoms with E-state index in [0.717, 1.165) is 5.16 Å². The van der Waals surface area contributed by atoms with Crippen LogP contribution in [0.15, 0.2) is 17.6 Å². The SMILES string of the molecule is CCOC(=O)c1c(C)[nH]c(C)c1C(=O)CSc1nccn1C1CC1. The number of H-pyrrole nitrogens is 1. The van der Waals surface area contributed by atoms with Gasteiger partial charge in [0.1, 0.15) is 0 Å². The number of thioether (sulfide) groups is 1. The summed E-state index contributed by atoms with van der Waals surface area (Å²) in [6, 6.07) is 0.524. The van der Waals surface area contributed by atoms with Crippen molar-refractivity contribution in [3.8, 4) is 0 Å². The molecule has 1 aliphatic rings. The molecule has 24 heavy (non-hydrogen) atoms. The third-order valence-electron chi connectivity index (χ3n) is 4.04. The van der Waals surface area contributed by atoms with E-state index in [1.54, 1.807) is 27.0 Å². The van der Waals surface area contributed by atoms with Crippen LogP contribution < -0.4 is 0 Å². The Morgan fingerprint density at radius 1 is 1.33 bits per heavy atom. The predicted octanol–water partition coefficient (Wildman–Crippen LogP) is 3.31. The number of nitrogens with zero attached hydrogens (tertiary/aromatic N) is 2. The molecule has 0 aliphatic heterocycles. The monoisotopic (exact) mass is 347 g/mol. The summed E-state index contributed by atoms with van der Waals surface area (Å²) < 4.78 is 7.21. The van der Waals surface area contributed by atoms with Crippen molar-refractivity contribution in [3.05, 3.63) is 34.9 Å². The first-order valence-electron chi connectivity index (χ1n) is 8.08. The first-order chi connectivity index (χ1) is 11.5. The summed E-state index contributed by atoms with van der Waals surface area (Å²) >= 11 is 1.41. The molecule has 0 amide bonds. The molecule has 2 aromatic rings. The third-order valence-corrected chi connectivity index (χ3v) is 5.02. The minimum Gasteiger partial charge on any atom is -0.462 e. The van der Waals surface area contributed by atoms with Gasteiger partial charge in [-0.05, 0) is 33.6 Å². The molecule has 2 heterocycles. The lowest BCUT2D eigenvalue weighted by Gasteiger charge is -2.07. The topological polar surface area (TPSA) is 77.0 Å². The number of hydrogen-bond donors (Lipinski definition) is 1. The molecule has 0 bridgehead atoms. The van der Waals surface area contributed by atoms with Crippen LogP contribution >= 0.6 is 11.8 Å². The molecule has 0 atom stereocenters. The number of carbonyl (C=O) groups is 2. The fourth-order valence-corrected chi connectivity index (χ4v) is 3.73. The van der Waals surface area contributed by atoms with Gasteiger partial charge in [-0.1, -0.05) is 11.8 Å². The first kappa shape index (κ1) is 16.8. The van der Waals surface area contributed by atoms with Crippen molar-refractivity contribution >= 4 is 23.5 Å². The van der Waals surface area contributed by atoms with Crippen molar-refractivity contribution < 1.29 is 14.3 Å². The molecule has 6 nitrogen and oxygen atoms in total. The zero-order valence-electron chi connectivity index (χ0n) is 14.1. The van der Waals surface area contributed by atoms with E-state index in [1.807, 2.05) is 6.20 Å². The van der Waals surface area contributed by atoms with Crippen LogP contribution in [0.5, 0.6) is 0 Å². The number of ketones is 1. The van der Waals surface area contributed by atoms with Crippen LogP contribution in [0.2, 0.25) is 0 Å². The fourth-order valence-electron chi connectivity index (χ4n) is 2.83. The second kappa shape index (κ2) is 6.84. The van der Waals surface area contributed by atoms with Gasteiger partial charge in [0.15, 0.2) is 10.9 Å². The standard InChI is InChI=1S/C17H21N3O3S/c1-4-23-16(22)15-11(3)19-10(2)14(15)13(21)9-24-17-18-7-8-20(17)12-5-6-12/h7-8,12,19H,4-6,9H2,1-3H3. The van der Waals surface area contributed by atoms with Crippen LogP contribution in [-0.4, -0.2) is 38.6 Å². The second-order valence-corrected chi connectivity index (χ2v) is 6.85. The van der Waals surface area contributed by atoms with Gasteiger partial charge in [0.05, 0.1) is 23.5 Å². The summed E-state index contributed by atoms with van der Waals surface area (Å²) in [6.45, 7) is 5.62. The molecule has 7 heteroatoms. The molecule has 0 radical (unpaired) electrons. The molecule has 1 fully saturated rings. The molecule has 1 N–H and O–H groups in total. The summed E-state index contributed by atoms with van der Waals surface area (Å²) in [5.74, 6) is -0.295. The van der Waals surface area contributed by atoms with Gasteiger partial charge in [0.2, 0.25) is 0 Å². The van der Waals surface area contributed by atoms with E-state index in [4.69, 9.17) is 4.74 Å². The summed E-state index contributed by atoms with van der Waals surface area (Å²) in [5.41, 5.74) is 2.15. The van der Waals surface area contributed by atoms with E-state index in [-0.39, 0.29) is 18.1 Å². The number of imidazole rings is 1. The number of rotatable bonds is 7. The predicted molar refractivity (Wildman–Crippen MR) is 91.8 cm³/mol. The molecule has 128 valence electrons. The number of aromatic amines is 1. The van der Waals surface area contributed by atoms with Gasteiger partial charge in [0.25, 0.3) is 0 Å². The van der Waals surface area contributed by atoms with Crippen molar-refractivity contribution in [2.24, 2.45) is 0 Å². The van der Waals surface area contributed by atoms with Gasteiger partial charge in [-0.25, -0.2) is 9.78 Å². The highest BCUT2D eigenvalue weighted by Crippen LogP contribution is 2.37. The van der Waals surface area contributed by atoms with E-state index in [9.17, 15) is 9.59 Å². The van der Waals surface area contributed by atoms with Gasteiger partial charge < -0.3 is 14.3 Å². The van der Waals surface area contributed by atoms with E-state index in [1.165, 1.54) is 24.6 Å². The number of nitrogens with one attached hydrogen (secondary N) is 1. The molecule has 3 rings (SSSR count). The highest BCUT2D eigenvalue weighted by Gasteiger charge is 2.28. The van der Waals surface area contributed by atoms with Gasteiger partial charge in [0, 0.05) is 29.8 Å². The largest absolute Gasteiger partial charge is 0.462 e. The Balaban J connectivity index is 1.77. The Labute approximate surface area is 145 Å². The van der Waals surface area contributed by atoms with Gasteiger partial charge in [-0.3, -0.25) is 4.79 Å². The highest BCUT2D eigenvalue weighted by atomic mass is 32.2. The van der Waals surface area contributed by atoms with Crippen molar-refractivity contribution in [3.63, 3.8) is 0 Å². The maximum absolute atomic E-state index is 12.7. The Hall–Kier alpha value is -2.02. The molecule has 0 aromatic carbocycles. The minimum atomic E-state index is -0.452. The van der Waals surface area contributed by atoms with E-state index in [0.29, 0.717) is 28.6 Å². The molecule has 1 aliphatic carbocycles. The summed E-state index contributed by atoms with van der Waals surface area (Å²) in [4.78, 5) is 32.3. The number of esters is 1. The number of Topliss-reactive ketones (excluding diaryl/α,β-unsaturated/α-hetero) is 1. The molecular formula is C17H21N3O3S. The lowest BCUT2D eigenvalue weighted by atomic mass is 10.1. The van der Waals surface area contributed by atoms with Crippen molar-refractivity contribution in [1.29, 1.82) is 0 Å². The number of aryl methyl sites for hydroxylation is 2. The van der Waals surface area contributed by atoms with Crippen molar-refractivity contribution in [1.82, 2.24) is 14.5 Å². The Morgan fingerprint density at radius 3 is 2.71 bits per heavy atom. The maximum atomic E-state index is 12.7. The lowest BCUT2D eigenvalue weighted by molar-refractivity contribution is 0.0522. The smallest absolute Gasteiger partial charge is 0.340 e. The van der Waals surface area contributed by atoms with E-state index < -0.39 is 5.97 Å². The summed E-state index contributed by atoms with van der Waals surface area (Å²) in [7, 11) is 0. The number of hydrogen-bond acceptors (Lipinski definition) is 5. The average Bonchev–Trinajstić information content (AvgIpc) is 3.19. The zero-order valence-corrected chi connectivity index (χ0v) is 14.9. The maximum Gasteiger partial charge on any atom is 0.340 e.